The van der Waals surface area contributed by atoms with Gasteiger partial charge in [0, 0.05) is 38.4 Å². The van der Waals surface area contributed by atoms with E-state index >= 15 is 0 Å². The highest BCUT2D eigenvalue weighted by Crippen LogP contribution is 2.44. The van der Waals surface area contributed by atoms with Gasteiger partial charge in [-0.2, -0.15) is 0 Å². The first-order valence-electron chi connectivity index (χ1n) is 13.4. The first-order valence-corrected chi connectivity index (χ1v) is 13.4. The summed E-state index contributed by atoms with van der Waals surface area (Å²) in [5.74, 6) is 0. The molecule has 186 valence electrons. The van der Waals surface area contributed by atoms with E-state index in [1.807, 2.05) is 18.2 Å². The number of aromatic nitrogens is 2. The van der Waals surface area contributed by atoms with Crippen LogP contribution >= 0.6 is 0 Å². The number of benzene rings is 6. The molecule has 0 amide bonds. The van der Waals surface area contributed by atoms with Crippen molar-refractivity contribution in [1.29, 1.82) is 0 Å². The quantitative estimate of drug-likeness (QED) is 0.210. The lowest BCUT2D eigenvalue weighted by Crippen LogP contribution is -1.98. The summed E-state index contributed by atoms with van der Waals surface area (Å²) in [5, 5.41) is 4.80. The van der Waals surface area contributed by atoms with E-state index in [0.717, 1.165) is 33.5 Å². The highest BCUT2D eigenvalue weighted by Gasteiger charge is 2.21. The van der Waals surface area contributed by atoms with Gasteiger partial charge in [0.1, 0.15) is 0 Å². The van der Waals surface area contributed by atoms with E-state index in [0.29, 0.717) is 5.69 Å². The van der Waals surface area contributed by atoms with E-state index in [-0.39, 0.29) is 0 Å². The molecule has 3 heteroatoms. The fourth-order valence-electron chi connectivity index (χ4n) is 6.32. The standard InChI is InChI=1S/C37H23N3/c1-38-32-21-7-10-24-35(32)40-34-23-9-6-16-27(34)29-18-12-20-31(37(29)40)30-19-11-17-28-26-15-5-8-22-33(26)39(36(28)30)25-13-3-2-4-14-25/h2-24H. The second-order valence-corrected chi connectivity index (χ2v) is 10.0. The number of fused-ring (bicyclic) bond motifs is 6. The summed E-state index contributed by atoms with van der Waals surface area (Å²) in [6.07, 6.45) is 0. The third-order valence-electron chi connectivity index (χ3n) is 7.94. The van der Waals surface area contributed by atoms with Crippen LogP contribution in [0.3, 0.4) is 0 Å². The summed E-state index contributed by atoms with van der Waals surface area (Å²) < 4.78 is 4.67. The predicted octanol–water partition coefficient (Wildman–Crippen LogP) is 10.1. The summed E-state index contributed by atoms with van der Waals surface area (Å²) in [6, 6.07) is 48.9. The smallest absolute Gasteiger partial charge is 0.210 e. The van der Waals surface area contributed by atoms with Crippen LogP contribution in [0.4, 0.5) is 5.69 Å². The maximum atomic E-state index is 7.92. The Hall–Kier alpha value is -5.59. The number of hydrogen-bond acceptors (Lipinski definition) is 0. The second kappa shape index (κ2) is 8.73. The zero-order chi connectivity index (χ0) is 26.6. The van der Waals surface area contributed by atoms with Gasteiger partial charge in [-0.1, -0.05) is 109 Å². The first kappa shape index (κ1) is 22.4. The molecule has 0 unspecified atom stereocenters. The predicted molar refractivity (Wildman–Crippen MR) is 167 cm³/mol. The molecule has 0 radical (unpaired) electrons. The molecule has 0 N–H and O–H groups in total. The lowest BCUT2D eigenvalue weighted by Gasteiger charge is -2.15. The van der Waals surface area contributed by atoms with Gasteiger partial charge >= 0.3 is 0 Å². The van der Waals surface area contributed by atoms with Gasteiger partial charge in [0.15, 0.2) is 0 Å². The molecular formula is C37H23N3. The maximum Gasteiger partial charge on any atom is 0.210 e. The molecule has 3 nitrogen and oxygen atoms in total. The van der Waals surface area contributed by atoms with Gasteiger partial charge in [0.25, 0.3) is 0 Å². The van der Waals surface area contributed by atoms with Gasteiger partial charge in [-0.3, -0.25) is 0 Å². The molecule has 0 aliphatic carbocycles. The van der Waals surface area contributed by atoms with Crippen molar-refractivity contribution in [2.24, 2.45) is 0 Å². The van der Waals surface area contributed by atoms with Crippen molar-refractivity contribution in [3.05, 3.63) is 151 Å². The van der Waals surface area contributed by atoms with Gasteiger partial charge in [-0.25, -0.2) is 4.85 Å². The van der Waals surface area contributed by atoms with Crippen molar-refractivity contribution in [2.75, 3.05) is 0 Å². The molecular weight excluding hydrogens is 486 g/mol. The van der Waals surface area contributed by atoms with Crippen LogP contribution in [-0.2, 0) is 0 Å². The molecule has 40 heavy (non-hydrogen) atoms. The van der Waals surface area contributed by atoms with Crippen molar-refractivity contribution in [3.8, 4) is 22.5 Å². The van der Waals surface area contributed by atoms with E-state index < -0.39 is 0 Å². The summed E-state index contributed by atoms with van der Waals surface area (Å²) in [4.78, 5) is 3.90. The first-order chi connectivity index (χ1) is 19.8. The van der Waals surface area contributed by atoms with Gasteiger partial charge in [-0.05, 0) is 30.3 Å². The average molecular weight is 510 g/mol. The van der Waals surface area contributed by atoms with Crippen molar-refractivity contribution < 1.29 is 0 Å². The Morgan fingerprint density at radius 1 is 0.425 bits per heavy atom. The van der Waals surface area contributed by atoms with Crippen molar-refractivity contribution in [3.63, 3.8) is 0 Å². The number of rotatable bonds is 3. The molecule has 0 saturated heterocycles. The Labute approximate surface area is 231 Å². The van der Waals surface area contributed by atoms with Crippen molar-refractivity contribution in [1.82, 2.24) is 9.13 Å². The van der Waals surface area contributed by atoms with Gasteiger partial charge in [0.05, 0.1) is 34.3 Å². The topological polar surface area (TPSA) is 14.2 Å². The molecule has 2 heterocycles. The lowest BCUT2D eigenvalue weighted by molar-refractivity contribution is 1.17. The van der Waals surface area contributed by atoms with Crippen LogP contribution in [0.5, 0.6) is 0 Å². The van der Waals surface area contributed by atoms with Gasteiger partial charge in [-0.15, -0.1) is 0 Å². The van der Waals surface area contributed by atoms with E-state index in [1.165, 1.54) is 32.6 Å². The Balaban J connectivity index is 1.58. The monoisotopic (exact) mass is 509 g/mol. The Morgan fingerprint density at radius 3 is 1.57 bits per heavy atom. The molecule has 2 aromatic heterocycles. The van der Waals surface area contributed by atoms with Crippen molar-refractivity contribution in [2.45, 2.75) is 0 Å². The molecule has 0 aliphatic heterocycles. The zero-order valence-corrected chi connectivity index (χ0v) is 21.6. The third-order valence-corrected chi connectivity index (χ3v) is 7.94. The van der Waals surface area contributed by atoms with E-state index in [9.17, 15) is 0 Å². The number of para-hydroxylation sites is 7. The molecule has 8 rings (SSSR count). The molecule has 0 fully saturated rings. The van der Waals surface area contributed by atoms with Crippen molar-refractivity contribution >= 4 is 49.3 Å². The van der Waals surface area contributed by atoms with Gasteiger partial charge in [0.2, 0.25) is 5.69 Å². The normalized spacial score (nSPS) is 11.5. The van der Waals surface area contributed by atoms with E-state index in [4.69, 9.17) is 6.57 Å². The van der Waals surface area contributed by atoms with Crippen LogP contribution in [0.2, 0.25) is 0 Å². The van der Waals surface area contributed by atoms with Gasteiger partial charge < -0.3 is 9.13 Å². The lowest BCUT2D eigenvalue weighted by atomic mass is 9.99. The Kier molecular flexibility index (Phi) is 4.89. The van der Waals surface area contributed by atoms with Crippen LogP contribution in [0.1, 0.15) is 0 Å². The molecule has 0 atom stereocenters. The summed E-state index contributed by atoms with van der Waals surface area (Å²) in [5.41, 5.74) is 9.52. The van der Waals surface area contributed by atoms with Crippen LogP contribution < -0.4 is 0 Å². The molecule has 0 aliphatic rings. The average Bonchev–Trinajstić information content (AvgIpc) is 3.55. The minimum Gasteiger partial charge on any atom is -0.318 e. The highest BCUT2D eigenvalue weighted by molar-refractivity contribution is 6.19. The molecule has 8 aromatic rings. The SMILES string of the molecule is [C-]#[N+]c1ccccc1-n1c2ccccc2c2cccc(-c3cccc4c5ccccc5n(-c5ccccc5)c34)c21. The fraction of sp³-hybridized carbons (Fsp3) is 0. The number of hydrogen-bond donors (Lipinski definition) is 0. The Bertz CT molecular complexity index is 2280. The van der Waals surface area contributed by atoms with E-state index in [1.54, 1.807) is 0 Å². The van der Waals surface area contributed by atoms with Crippen LogP contribution in [0.25, 0.3) is 71.0 Å². The van der Waals surface area contributed by atoms with Crippen LogP contribution in [0, 0.1) is 6.57 Å². The second-order valence-electron chi connectivity index (χ2n) is 10.0. The van der Waals surface area contributed by atoms with Crippen LogP contribution in [0.15, 0.2) is 140 Å². The van der Waals surface area contributed by atoms with E-state index in [2.05, 4.69) is 135 Å². The molecule has 0 spiro atoms. The third kappa shape index (κ3) is 3.11. The Morgan fingerprint density at radius 2 is 0.925 bits per heavy atom. The minimum atomic E-state index is 0.636. The molecule has 0 bridgehead atoms. The number of nitrogens with zero attached hydrogens (tertiary/aromatic N) is 3. The maximum absolute atomic E-state index is 7.92. The summed E-state index contributed by atoms with van der Waals surface area (Å²) >= 11 is 0. The fourth-order valence-corrected chi connectivity index (χ4v) is 6.32. The minimum absolute atomic E-state index is 0.636. The highest BCUT2D eigenvalue weighted by atomic mass is 15.0. The summed E-state index contributed by atoms with van der Waals surface area (Å²) in [6.45, 7) is 7.92. The van der Waals surface area contributed by atoms with Crippen LogP contribution in [-0.4, -0.2) is 9.13 Å². The zero-order valence-electron chi connectivity index (χ0n) is 21.6. The largest absolute Gasteiger partial charge is 0.318 e. The summed E-state index contributed by atoms with van der Waals surface area (Å²) in [7, 11) is 0. The molecule has 6 aromatic carbocycles. The molecule has 0 saturated carbocycles.